The Balaban J connectivity index is 0.00000180. The average molecular weight is 305 g/mol. The Morgan fingerprint density at radius 1 is 1.58 bits per heavy atom. The quantitative estimate of drug-likeness (QED) is 0.930. The minimum absolute atomic E-state index is 0. The molecule has 2 heterocycles. The van der Waals surface area contributed by atoms with Gasteiger partial charge in [0.1, 0.15) is 6.10 Å². The molecule has 3 unspecified atom stereocenters. The molecule has 0 aliphatic carbocycles. The van der Waals surface area contributed by atoms with Gasteiger partial charge in [-0.15, -0.1) is 12.4 Å². The number of rotatable bonds is 3. The van der Waals surface area contributed by atoms with Crippen LogP contribution in [0.3, 0.4) is 0 Å². The number of thiophene rings is 1. The van der Waals surface area contributed by atoms with E-state index in [-0.39, 0.29) is 36.4 Å². The summed E-state index contributed by atoms with van der Waals surface area (Å²) < 4.78 is 5.72. The molecule has 3 atom stereocenters. The molecule has 2 rings (SSSR count). The lowest BCUT2D eigenvalue weighted by Crippen LogP contribution is -2.47. The Morgan fingerprint density at radius 2 is 2.32 bits per heavy atom. The van der Waals surface area contributed by atoms with Crippen molar-refractivity contribution >= 4 is 29.7 Å². The Morgan fingerprint density at radius 3 is 2.89 bits per heavy atom. The fourth-order valence-electron chi connectivity index (χ4n) is 2.02. The van der Waals surface area contributed by atoms with Crippen molar-refractivity contribution in [3.05, 3.63) is 22.4 Å². The Kier molecular flexibility index (Phi) is 6.26. The third-order valence-corrected chi connectivity index (χ3v) is 4.17. The first-order chi connectivity index (χ1) is 8.59. The van der Waals surface area contributed by atoms with E-state index in [0.29, 0.717) is 19.7 Å². The van der Waals surface area contributed by atoms with Gasteiger partial charge in [0.25, 0.3) is 0 Å². The van der Waals surface area contributed by atoms with E-state index >= 15 is 0 Å². The van der Waals surface area contributed by atoms with Crippen LogP contribution >= 0.6 is 23.7 Å². The summed E-state index contributed by atoms with van der Waals surface area (Å²) in [6, 6.07) is 1.94. The van der Waals surface area contributed by atoms with Gasteiger partial charge < -0.3 is 15.4 Å². The topological polar surface area (TPSA) is 55.6 Å². The van der Waals surface area contributed by atoms with Crippen molar-refractivity contribution in [1.82, 2.24) is 4.90 Å². The average Bonchev–Trinajstić information content (AvgIpc) is 2.91. The molecule has 108 valence electrons. The lowest BCUT2D eigenvalue weighted by molar-refractivity contribution is -0.143. The Hall–Kier alpha value is -0.620. The van der Waals surface area contributed by atoms with Crippen molar-refractivity contribution in [2.24, 2.45) is 11.7 Å². The number of hydrogen-bond acceptors (Lipinski definition) is 4. The zero-order chi connectivity index (χ0) is 13.1. The highest BCUT2D eigenvalue weighted by Gasteiger charge is 2.29. The number of amides is 1. The molecule has 1 fully saturated rings. The summed E-state index contributed by atoms with van der Waals surface area (Å²) in [5, 5.41) is 4.11. The van der Waals surface area contributed by atoms with Crippen molar-refractivity contribution in [3.8, 4) is 0 Å². The predicted molar refractivity (Wildman–Crippen MR) is 79.7 cm³/mol. The van der Waals surface area contributed by atoms with Gasteiger partial charge in [0.15, 0.2) is 0 Å². The molecular formula is C13H21ClN2O2S. The van der Waals surface area contributed by atoms with Crippen LogP contribution in [0.2, 0.25) is 0 Å². The van der Waals surface area contributed by atoms with Crippen molar-refractivity contribution in [2.75, 3.05) is 19.7 Å². The second kappa shape index (κ2) is 7.24. The van der Waals surface area contributed by atoms with Gasteiger partial charge in [-0.2, -0.15) is 11.3 Å². The molecule has 1 amide bonds. The van der Waals surface area contributed by atoms with Crippen LogP contribution in [0.1, 0.15) is 25.5 Å². The van der Waals surface area contributed by atoms with Gasteiger partial charge in [-0.3, -0.25) is 4.79 Å². The molecule has 4 nitrogen and oxygen atoms in total. The maximum absolute atomic E-state index is 12.2. The summed E-state index contributed by atoms with van der Waals surface area (Å²) in [4.78, 5) is 14.1. The largest absolute Gasteiger partial charge is 0.370 e. The molecule has 19 heavy (non-hydrogen) atoms. The number of carbonyl (C=O) groups is 1. The van der Waals surface area contributed by atoms with E-state index < -0.39 is 0 Å². The molecular weight excluding hydrogens is 284 g/mol. The van der Waals surface area contributed by atoms with Crippen molar-refractivity contribution in [3.63, 3.8) is 0 Å². The molecule has 0 saturated carbocycles. The fourth-order valence-corrected chi connectivity index (χ4v) is 2.72. The zero-order valence-corrected chi connectivity index (χ0v) is 12.9. The molecule has 2 N–H and O–H groups in total. The molecule has 0 radical (unpaired) electrons. The second-order valence-electron chi connectivity index (χ2n) is 4.85. The summed E-state index contributed by atoms with van der Waals surface area (Å²) in [6.07, 6.45) is 0.00855. The summed E-state index contributed by atoms with van der Waals surface area (Å²) in [5.74, 6) is -0.000227. The molecule has 1 aliphatic rings. The maximum atomic E-state index is 12.2. The number of morpholine rings is 1. The van der Waals surface area contributed by atoms with Gasteiger partial charge in [0.05, 0.1) is 19.1 Å². The first-order valence-electron chi connectivity index (χ1n) is 6.27. The van der Waals surface area contributed by atoms with E-state index in [1.165, 1.54) is 0 Å². The Labute approximate surface area is 124 Å². The summed E-state index contributed by atoms with van der Waals surface area (Å²) in [5.41, 5.74) is 6.95. The third kappa shape index (κ3) is 3.92. The number of nitrogens with zero attached hydrogens (tertiary/aromatic N) is 1. The molecule has 1 aliphatic heterocycles. The van der Waals surface area contributed by atoms with E-state index in [9.17, 15) is 4.79 Å². The lowest BCUT2D eigenvalue weighted by Gasteiger charge is -2.35. The van der Waals surface area contributed by atoms with Crippen LogP contribution in [0.4, 0.5) is 0 Å². The van der Waals surface area contributed by atoms with E-state index in [4.69, 9.17) is 10.5 Å². The molecule has 0 bridgehead atoms. The van der Waals surface area contributed by atoms with Gasteiger partial charge in [-0.05, 0) is 29.3 Å². The van der Waals surface area contributed by atoms with Crippen LogP contribution in [-0.4, -0.2) is 36.5 Å². The Bertz CT molecular complexity index is 397. The minimum atomic E-state index is -0.133. The first-order valence-corrected chi connectivity index (χ1v) is 7.22. The van der Waals surface area contributed by atoms with Crippen LogP contribution in [0.25, 0.3) is 0 Å². The standard InChI is InChI=1S/C13H20N2O2S.ClH/c1-9(10(2)14)13(16)15-4-5-17-12(7-15)11-3-6-18-8-11;/h3,6,8-10,12H,4-5,7,14H2,1-2H3;1H. The predicted octanol–water partition coefficient (Wildman–Crippen LogP) is 2.05. The van der Waals surface area contributed by atoms with Gasteiger partial charge in [-0.25, -0.2) is 0 Å². The van der Waals surface area contributed by atoms with E-state index in [2.05, 4.69) is 11.4 Å². The first kappa shape index (κ1) is 16.4. The van der Waals surface area contributed by atoms with E-state index in [0.717, 1.165) is 5.56 Å². The molecule has 0 aromatic carbocycles. The van der Waals surface area contributed by atoms with Crippen LogP contribution < -0.4 is 5.73 Å². The number of halogens is 1. The van der Waals surface area contributed by atoms with Gasteiger partial charge >= 0.3 is 0 Å². The normalized spacial score (nSPS) is 22.5. The van der Waals surface area contributed by atoms with Crippen molar-refractivity contribution in [2.45, 2.75) is 26.0 Å². The van der Waals surface area contributed by atoms with Gasteiger partial charge in [0, 0.05) is 12.6 Å². The fraction of sp³-hybridized carbons (Fsp3) is 0.615. The molecule has 1 saturated heterocycles. The van der Waals surface area contributed by atoms with Crippen molar-refractivity contribution in [1.29, 1.82) is 0 Å². The summed E-state index contributed by atoms with van der Waals surface area (Å²) >= 11 is 1.65. The number of hydrogen-bond donors (Lipinski definition) is 1. The highest BCUT2D eigenvalue weighted by atomic mass is 35.5. The highest BCUT2D eigenvalue weighted by molar-refractivity contribution is 7.07. The lowest BCUT2D eigenvalue weighted by atomic mass is 10.0. The second-order valence-corrected chi connectivity index (χ2v) is 5.63. The highest BCUT2D eigenvalue weighted by Crippen LogP contribution is 2.25. The van der Waals surface area contributed by atoms with Crippen LogP contribution in [0, 0.1) is 5.92 Å². The molecule has 1 aromatic rings. The van der Waals surface area contributed by atoms with Crippen molar-refractivity contribution < 1.29 is 9.53 Å². The molecule has 0 spiro atoms. The minimum Gasteiger partial charge on any atom is -0.370 e. The number of ether oxygens (including phenoxy) is 1. The summed E-state index contributed by atoms with van der Waals surface area (Å²) in [7, 11) is 0. The third-order valence-electron chi connectivity index (χ3n) is 3.47. The van der Waals surface area contributed by atoms with Crippen LogP contribution in [-0.2, 0) is 9.53 Å². The maximum Gasteiger partial charge on any atom is 0.227 e. The smallest absolute Gasteiger partial charge is 0.227 e. The number of carbonyl (C=O) groups excluding carboxylic acids is 1. The molecule has 6 heteroatoms. The zero-order valence-electron chi connectivity index (χ0n) is 11.2. The van der Waals surface area contributed by atoms with Gasteiger partial charge in [-0.1, -0.05) is 6.92 Å². The van der Waals surface area contributed by atoms with E-state index in [1.54, 1.807) is 11.3 Å². The monoisotopic (exact) mass is 304 g/mol. The van der Waals surface area contributed by atoms with Crippen LogP contribution in [0.5, 0.6) is 0 Å². The van der Waals surface area contributed by atoms with Crippen LogP contribution in [0.15, 0.2) is 16.8 Å². The number of nitrogens with two attached hydrogens (primary N) is 1. The van der Waals surface area contributed by atoms with E-state index in [1.807, 2.05) is 24.1 Å². The van der Waals surface area contributed by atoms with Gasteiger partial charge in [0.2, 0.25) is 5.91 Å². The SMILES string of the molecule is CC(N)C(C)C(=O)N1CCOC(c2ccsc2)C1.Cl. The molecule has 1 aromatic heterocycles. The summed E-state index contributed by atoms with van der Waals surface area (Å²) in [6.45, 7) is 5.66.